The predicted octanol–water partition coefficient (Wildman–Crippen LogP) is 4.12. The highest BCUT2D eigenvalue weighted by molar-refractivity contribution is 6.46. The van der Waals surface area contributed by atoms with Crippen LogP contribution >= 0.6 is 11.6 Å². The highest BCUT2D eigenvalue weighted by Gasteiger charge is 2.45. The van der Waals surface area contributed by atoms with E-state index in [1.807, 2.05) is 6.92 Å². The third kappa shape index (κ3) is 4.20. The second kappa shape index (κ2) is 9.32. The fourth-order valence-electron chi connectivity index (χ4n) is 3.66. The number of aliphatic hydroxyl groups is 1. The van der Waals surface area contributed by atoms with Gasteiger partial charge in [-0.25, -0.2) is 0 Å². The first-order valence-electron chi connectivity index (χ1n) is 9.56. The molecular weight excluding hydrogens is 406 g/mol. The molecule has 1 aliphatic heterocycles. The third-order valence-electron chi connectivity index (χ3n) is 5.16. The van der Waals surface area contributed by atoms with Gasteiger partial charge in [0, 0.05) is 30.8 Å². The second-order valence-electron chi connectivity index (χ2n) is 7.07. The van der Waals surface area contributed by atoms with Crippen molar-refractivity contribution in [1.82, 2.24) is 4.90 Å². The molecule has 2 aromatic carbocycles. The number of hydrogen-bond acceptors (Lipinski definition) is 5. The molecule has 0 aliphatic carbocycles. The zero-order chi connectivity index (χ0) is 21.8. The number of benzene rings is 2. The molecule has 1 heterocycles. The number of nitrogens with zero attached hydrogens (tertiary/aromatic N) is 1. The SMILES string of the molecule is COCCCN1C(=O)C(=O)C(=C(O)c2ccc(OC)cc2C)C1c1ccc(Cl)cc1. The molecule has 6 nitrogen and oxygen atoms in total. The number of aliphatic hydroxyl groups excluding tert-OH is 1. The smallest absolute Gasteiger partial charge is 0.295 e. The first kappa shape index (κ1) is 21.9. The first-order chi connectivity index (χ1) is 14.4. The zero-order valence-electron chi connectivity index (χ0n) is 17.1. The van der Waals surface area contributed by atoms with Gasteiger partial charge in [0.1, 0.15) is 11.5 Å². The summed E-state index contributed by atoms with van der Waals surface area (Å²) in [5.74, 6) is -0.917. The number of rotatable bonds is 7. The number of methoxy groups -OCH3 is 2. The van der Waals surface area contributed by atoms with Crippen LogP contribution in [-0.4, -0.2) is 49.1 Å². The van der Waals surface area contributed by atoms with Gasteiger partial charge in [0.05, 0.1) is 18.7 Å². The number of Topliss-reactive ketones (excluding diaryl/α,β-unsaturated/α-hetero) is 1. The molecule has 0 radical (unpaired) electrons. The molecule has 30 heavy (non-hydrogen) atoms. The van der Waals surface area contributed by atoms with Crippen LogP contribution in [0.4, 0.5) is 0 Å². The molecule has 0 aromatic heterocycles. The summed E-state index contributed by atoms with van der Waals surface area (Å²) in [7, 11) is 3.14. The number of hydrogen-bond donors (Lipinski definition) is 1. The number of carbonyl (C=O) groups is 2. The maximum absolute atomic E-state index is 13.0. The number of amides is 1. The normalized spacial score (nSPS) is 18.1. The van der Waals surface area contributed by atoms with Gasteiger partial charge in [-0.15, -0.1) is 0 Å². The summed E-state index contributed by atoms with van der Waals surface area (Å²) in [5.41, 5.74) is 1.97. The first-order valence-corrected chi connectivity index (χ1v) is 9.94. The number of ether oxygens (including phenoxy) is 2. The van der Waals surface area contributed by atoms with Crippen molar-refractivity contribution in [3.05, 3.63) is 69.8 Å². The number of likely N-dealkylation sites (tertiary alicyclic amines) is 1. The van der Waals surface area contributed by atoms with E-state index in [0.717, 1.165) is 5.56 Å². The summed E-state index contributed by atoms with van der Waals surface area (Å²) in [4.78, 5) is 27.3. The fourth-order valence-corrected chi connectivity index (χ4v) is 3.78. The number of halogens is 1. The fraction of sp³-hybridized carbons (Fsp3) is 0.304. The van der Waals surface area contributed by atoms with Gasteiger partial charge < -0.3 is 19.5 Å². The van der Waals surface area contributed by atoms with E-state index in [2.05, 4.69) is 0 Å². The van der Waals surface area contributed by atoms with Crippen molar-refractivity contribution in [2.24, 2.45) is 0 Å². The number of carbonyl (C=O) groups excluding carboxylic acids is 2. The number of aryl methyl sites for hydroxylation is 1. The Morgan fingerprint density at radius 2 is 1.83 bits per heavy atom. The lowest BCUT2D eigenvalue weighted by Gasteiger charge is -2.25. The highest BCUT2D eigenvalue weighted by Crippen LogP contribution is 2.40. The molecule has 3 rings (SSSR count). The molecule has 1 amide bonds. The molecule has 1 fully saturated rings. The van der Waals surface area contributed by atoms with Crippen molar-refractivity contribution in [1.29, 1.82) is 0 Å². The van der Waals surface area contributed by atoms with Gasteiger partial charge in [0.2, 0.25) is 0 Å². The van der Waals surface area contributed by atoms with E-state index < -0.39 is 17.7 Å². The second-order valence-corrected chi connectivity index (χ2v) is 7.51. The van der Waals surface area contributed by atoms with Gasteiger partial charge in [-0.3, -0.25) is 9.59 Å². The average molecular weight is 430 g/mol. The van der Waals surface area contributed by atoms with Gasteiger partial charge in [-0.1, -0.05) is 23.7 Å². The molecule has 0 spiro atoms. The van der Waals surface area contributed by atoms with Gasteiger partial charge >= 0.3 is 0 Å². The van der Waals surface area contributed by atoms with E-state index in [9.17, 15) is 14.7 Å². The van der Waals surface area contributed by atoms with Crippen molar-refractivity contribution in [2.75, 3.05) is 27.4 Å². The minimum atomic E-state index is -0.708. The van der Waals surface area contributed by atoms with Crippen molar-refractivity contribution in [2.45, 2.75) is 19.4 Å². The number of ketones is 1. The van der Waals surface area contributed by atoms with E-state index in [-0.39, 0.29) is 11.3 Å². The van der Waals surface area contributed by atoms with Crippen molar-refractivity contribution < 1.29 is 24.2 Å². The third-order valence-corrected chi connectivity index (χ3v) is 5.41. The van der Waals surface area contributed by atoms with Crippen LogP contribution in [0.25, 0.3) is 5.76 Å². The Balaban J connectivity index is 2.13. The van der Waals surface area contributed by atoms with Crippen molar-refractivity contribution in [3.8, 4) is 5.75 Å². The lowest BCUT2D eigenvalue weighted by atomic mass is 9.94. The highest BCUT2D eigenvalue weighted by atomic mass is 35.5. The molecule has 0 bridgehead atoms. The molecular formula is C23H24ClNO5. The van der Waals surface area contributed by atoms with Crippen LogP contribution in [-0.2, 0) is 14.3 Å². The summed E-state index contributed by atoms with van der Waals surface area (Å²) in [6.07, 6.45) is 0.565. The topological polar surface area (TPSA) is 76.1 Å². The molecule has 0 saturated carbocycles. The maximum Gasteiger partial charge on any atom is 0.295 e. The average Bonchev–Trinajstić information content (AvgIpc) is 2.99. The summed E-state index contributed by atoms with van der Waals surface area (Å²) < 4.78 is 10.3. The zero-order valence-corrected chi connectivity index (χ0v) is 17.9. The van der Waals surface area contributed by atoms with Gasteiger partial charge in [0.15, 0.2) is 0 Å². The van der Waals surface area contributed by atoms with Crippen LogP contribution in [0.15, 0.2) is 48.0 Å². The standard InChI is InChI=1S/C23H24ClNO5/c1-14-13-17(30-3)9-10-18(14)21(26)19-20(15-5-7-16(24)8-6-15)25(11-4-12-29-2)23(28)22(19)27/h5-10,13,20,26H,4,11-12H2,1-3H3. The summed E-state index contributed by atoms with van der Waals surface area (Å²) in [5, 5.41) is 11.7. The monoisotopic (exact) mass is 429 g/mol. The van der Waals surface area contributed by atoms with E-state index in [1.165, 1.54) is 4.90 Å². The molecule has 2 aromatic rings. The van der Waals surface area contributed by atoms with E-state index in [0.29, 0.717) is 41.5 Å². The largest absolute Gasteiger partial charge is 0.507 e. The Hall–Kier alpha value is -2.83. The minimum Gasteiger partial charge on any atom is -0.507 e. The summed E-state index contributed by atoms with van der Waals surface area (Å²) >= 11 is 6.02. The molecule has 1 N–H and O–H groups in total. The van der Waals surface area contributed by atoms with Gasteiger partial charge in [-0.05, 0) is 54.8 Å². The van der Waals surface area contributed by atoms with Crippen LogP contribution in [0.5, 0.6) is 5.75 Å². The van der Waals surface area contributed by atoms with Gasteiger partial charge in [0.25, 0.3) is 11.7 Å². The Morgan fingerprint density at radius 1 is 1.13 bits per heavy atom. The van der Waals surface area contributed by atoms with E-state index in [4.69, 9.17) is 21.1 Å². The minimum absolute atomic E-state index is 0.0630. The van der Waals surface area contributed by atoms with Crippen LogP contribution in [0.1, 0.15) is 29.2 Å². The Kier molecular flexibility index (Phi) is 6.80. The molecule has 1 unspecified atom stereocenters. The molecule has 1 aliphatic rings. The molecule has 1 atom stereocenters. The van der Waals surface area contributed by atoms with Gasteiger partial charge in [-0.2, -0.15) is 0 Å². The lowest BCUT2D eigenvalue weighted by molar-refractivity contribution is -0.140. The maximum atomic E-state index is 13.0. The Morgan fingerprint density at radius 3 is 2.43 bits per heavy atom. The summed E-state index contributed by atoms with van der Waals surface area (Å²) in [6.45, 7) is 2.58. The van der Waals surface area contributed by atoms with Crippen LogP contribution in [0.3, 0.4) is 0 Å². The van der Waals surface area contributed by atoms with Crippen LogP contribution in [0, 0.1) is 6.92 Å². The van der Waals surface area contributed by atoms with E-state index in [1.54, 1.807) is 56.7 Å². The molecule has 7 heteroatoms. The lowest BCUT2D eigenvalue weighted by Crippen LogP contribution is -2.31. The summed E-state index contributed by atoms with van der Waals surface area (Å²) in [6, 6.07) is 11.4. The Bertz CT molecular complexity index is 984. The van der Waals surface area contributed by atoms with Crippen LogP contribution in [0.2, 0.25) is 5.02 Å². The quantitative estimate of drug-likeness (QED) is 0.310. The van der Waals surface area contributed by atoms with Crippen LogP contribution < -0.4 is 4.74 Å². The molecule has 158 valence electrons. The Labute approximate surface area is 180 Å². The van der Waals surface area contributed by atoms with Crippen molar-refractivity contribution >= 4 is 29.1 Å². The van der Waals surface area contributed by atoms with E-state index >= 15 is 0 Å². The van der Waals surface area contributed by atoms with Crippen molar-refractivity contribution in [3.63, 3.8) is 0 Å². The predicted molar refractivity (Wildman–Crippen MR) is 115 cm³/mol. The molecule has 1 saturated heterocycles.